The highest BCUT2D eigenvalue weighted by Crippen LogP contribution is 2.41. The first kappa shape index (κ1) is 24.0. The number of ketones is 1. The number of allylic oxidation sites excluding steroid dienone is 4. The molecule has 0 atom stereocenters. The molecule has 4 rings (SSSR count). The lowest BCUT2D eigenvalue weighted by atomic mass is 9.88. The van der Waals surface area contributed by atoms with Crippen LogP contribution in [0.2, 0.25) is 0 Å². The van der Waals surface area contributed by atoms with Crippen molar-refractivity contribution in [3.8, 4) is 5.75 Å². The van der Waals surface area contributed by atoms with Gasteiger partial charge in [0.25, 0.3) is 0 Å². The van der Waals surface area contributed by atoms with Crippen molar-refractivity contribution in [2.24, 2.45) is 5.73 Å². The molecule has 0 amide bonds. The number of fused-ring (bicyclic) bond motifs is 3. The second kappa shape index (κ2) is 10.8. The van der Waals surface area contributed by atoms with E-state index in [0.29, 0.717) is 30.2 Å². The normalized spacial score (nSPS) is 13.6. The number of rotatable bonds is 6. The fourth-order valence-corrected chi connectivity index (χ4v) is 4.55. The van der Waals surface area contributed by atoms with Crippen molar-refractivity contribution in [1.82, 2.24) is 4.57 Å². The summed E-state index contributed by atoms with van der Waals surface area (Å²) in [5, 5.41) is 0.506. The van der Waals surface area contributed by atoms with E-state index in [1.165, 1.54) is 14.2 Å². The van der Waals surface area contributed by atoms with E-state index in [1.807, 2.05) is 25.1 Å². The van der Waals surface area contributed by atoms with E-state index in [4.69, 9.17) is 9.47 Å². The van der Waals surface area contributed by atoms with Crippen LogP contribution in [0.4, 0.5) is 4.79 Å². The summed E-state index contributed by atoms with van der Waals surface area (Å²) >= 11 is 0. The number of nitrogens with two attached hydrogens (primary N) is 1. The van der Waals surface area contributed by atoms with Crippen molar-refractivity contribution in [3.63, 3.8) is 0 Å². The molecule has 0 radical (unpaired) electrons. The zero-order valence-electron chi connectivity index (χ0n) is 19.2. The molecule has 2 aromatic rings. The molecular weight excluding hydrogens is 420 g/mol. The first-order chi connectivity index (χ1) is 16.1. The Morgan fingerprint density at radius 1 is 1.21 bits per heavy atom. The van der Waals surface area contributed by atoms with Crippen LogP contribution >= 0.6 is 0 Å². The predicted octanol–water partition coefficient (Wildman–Crippen LogP) is 3.99. The first-order valence-electron chi connectivity index (χ1n) is 11.0. The summed E-state index contributed by atoms with van der Waals surface area (Å²) in [6, 6.07) is 1.82. The lowest BCUT2D eigenvalue weighted by molar-refractivity contribution is -0.104. The largest absolute Gasteiger partial charge is 0.513 e. The molecule has 172 valence electrons. The Labute approximate surface area is 192 Å². The fourth-order valence-electron chi connectivity index (χ4n) is 4.55. The van der Waals surface area contributed by atoms with Crippen LogP contribution in [0.5, 0.6) is 5.75 Å². The summed E-state index contributed by atoms with van der Waals surface area (Å²) in [5.74, 6) is -0.367. The van der Waals surface area contributed by atoms with Gasteiger partial charge in [-0.3, -0.25) is 9.59 Å². The SMILES string of the molecule is CCc1c(C(=O)C=O)c2c(OC(=O)OC)cc3c(c2n1CC1=CC=C=C=C1)CCCC3.CN. The predicted molar refractivity (Wildman–Crippen MR) is 126 cm³/mol. The third-order valence-electron chi connectivity index (χ3n) is 5.83. The molecule has 0 aliphatic heterocycles. The maximum Gasteiger partial charge on any atom is 0.513 e. The smallest absolute Gasteiger partial charge is 0.437 e. The van der Waals surface area contributed by atoms with Crippen molar-refractivity contribution in [1.29, 1.82) is 0 Å². The van der Waals surface area contributed by atoms with E-state index in [-0.39, 0.29) is 5.75 Å². The molecule has 1 aromatic carbocycles. The number of hydrogen-bond acceptors (Lipinski definition) is 6. The Hall–Kier alpha value is -3.63. The van der Waals surface area contributed by atoms with Crippen molar-refractivity contribution in [2.45, 2.75) is 45.6 Å². The molecule has 0 unspecified atom stereocenters. The molecule has 0 spiro atoms. The van der Waals surface area contributed by atoms with Gasteiger partial charge >= 0.3 is 6.16 Å². The number of carbonyl (C=O) groups is 3. The number of nitrogens with zero attached hydrogens (tertiary/aromatic N) is 1. The molecule has 0 fully saturated rings. The highest BCUT2D eigenvalue weighted by molar-refractivity contribution is 6.37. The molecular formula is C26H28N2O5. The van der Waals surface area contributed by atoms with Gasteiger partial charge in [-0.05, 0) is 80.1 Å². The number of methoxy groups -OCH3 is 1. The Morgan fingerprint density at radius 3 is 2.61 bits per heavy atom. The quantitative estimate of drug-likeness (QED) is 0.179. The topological polar surface area (TPSA) is 101 Å². The Morgan fingerprint density at radius 2 is 1.97 bits per heavy atom. The molecule has 0 saturated heterocycles. The molecule has 1 aromatic heterocycles. The van der Waals surface area contributed by atoms with Crippen LogP contribution in [0.3, 0.4) is 0 Å². The Bertz CT molecular complexity index is 1240. The van der Waals surface area contributed by atoms with Crippen molar-refractivity contribution >= 4 is 29.1 Å². The third kappa shape index (κ3) is 4.62. The van der Waals surface area contributed by atoms with Crippen LogP contribution < -0.4 is 10.5 Å². The molecule has 7 nitrogen and oxygen atoms in total. The first-order valence-corrected chi connectivity index (χ1v) is 11.0. The molecule has 0 saturated carbocycles. The number of carbonyl (C=O) groups excluding carboxylic acids is 3. The van der Waals surface area contributed by atoms with Crippen LogP contribution in [0.1, 0.15) is 46.9 Å². The summed E-state index contributed by atoms with van der Waals surface area (Å²) in [6.07, 6.45) is 9.41. The summed E-state index contributed by atoms with van der Waals surface area (Å²) in [6.45, 7) is 2.45. The minimum absolute atomic E-state index is 0.258. The molecule has 2 aliphatic rings. The minimum atomic E-state index is -0.861. The van der Waals surface area contributed by atoms with Crippen molar-refractivity contribution in [3.05, 3.63) is 63.7 Å². The summed E-state index contributed by atoms with van der Waals surface area (Å²) in [4.78, 5) is 36.3. The maximum atomic E-state index is 12.8. The standard InChI is InChI=1S/C25H23NO5.CH5N/c1-3-19-22(20(28)15-27)23-21(31-25(29)30-2)13-17-11-7-8-12-18(17)24(23)26(19)14-16-9-5-4-6-10-16;1-2/h5,9-10,13,15H,3,7-8,11-12,14H2,1-2H3;2H2,1H3. The van der Waals surface area contributed by atoms with Gasteiger partial charge in [-0.2, -0.15) is 0 Å². The van der Waals surface area contributed by atoms with Crippen LogP contribution in [0, 0.1) is 0 Å². The number of aromatic nitrogens is 1. The van der Waals surface area contributed by atoms with E-state index in [0.717, 1.165) is 53.6 Å². The van der Waals surface area contributed by atoms with Gasteiger partial charge in [0.15, 0.2) is 6.29 Å². The van der Waals surface area contributed by atoms with Gasteiger partial charge in [-0.25, -0.2) is 4.79 Å². The summed E-state index contributed by atoms with van der Waals surface area (Å²) < 4.78 is 12.3. The lowest BCUT2D eigenvalue weighted by Crippen LogP contribution is -2.12. The highest BCUT2D eigenvalue weighted by Gasteiger charge is 2.29. The van der Waals surface area contributed by atoms with E-state index in [2.05, 4.69) is 21.8 Å². The van der Waals surface area contributed by atoms with Crippen molar-refractivity contribution < 1.29 is 23.9 Å². The highest BCUT2D eigenvalue weighted by atomic mass is 16.7. The molecule has 7 heteroatoms. The van der Waals surface area contributed by atoms with Gasteiger partial charge in [0, 0.05) is 12.2 Å². The van der Waals surface area contributed by atoms with Crippen LogP contribution in [-0.4, -0.2) is 36.9 Å². The average Bonchev–Trinajstić information content (AvgIpc) is 3.19. The monoisotopic (exact) mass is 448 g/mol. The third-order valence-corrected chi connectivity index (χ3v) is 5.83. The van der Waals surface area contributed by atoms with E-state index in [9.17, 15) is 14.4 Å². The Balaban J connectivity index is 0.00000149. The van der Waals surface area contributed by atoms with Gasteiger partial charge in [0.2, 0.25) is 5.78 Å². The molecule has 2 aliphatic carbocycles. The molecule has 2 N–H and O–H groups in total. The molecule has 1 heterocycles. The van der Waals surface area contributed by atoms with Gasteiger partial charge in [0.1, 0.15) is 5.75 Å². The number of ether oxygens (including phenoxy) is 2. The molecule has 0 bridgehead atoms. The average molecular weight is 449 g/mol. The Kier molecular flexibility index (Phi) is 7.86. The van der Waals surface area contributed by atoms with Gasteiger partial charge < -0.3 is 19.8 Å². The second-order valence-corrected chi connectivity index (χ2v) is 7.58. The fraction of sp³-hybridized carbons (Fsp3) is 0.346. The summed E-state index contributed by atoms with van der Waals surface area (Å²) in [7, 11) is 2.74. The number of aldehydes is 1. The number of aryl methyl sites for hydroxylation is 2. The van der Waals surface area contributed by atoms with E-state index >= 15 is 0 Å². The zero-order valence-corrected chi connectivity index (χ0v) is 19.2. The van der Waals surface area contributed by atoms with Crippen LogP contribution in [0.15, 0.2) is 41.3 Å². The van der Waals surface area contributed by atoms with Crippen molar-refractivity contribution in [2.75, 3.05) is 14.2 Å². The van der Waals surface area contributed by atoms with Gasteiger partial charge in [-0.1, -0.05) is 18.4 Å². The minimum Gasteiger partial charge on any atom is -0.437 e. The number of hydrogen-bond donors (Lipinski definition) is 1. The van der Waals surface area contributed by atoms with E-state index in [1.54, 1.807) is 6.08 Å². The van der Waals surface area contributed by atoms with Crippen LogP contribution in [0.25, 0.3) is 10.9 Å². The van der Waals surface area contributed by atoms with Crippen LogP contribution in [-0.2, 0) is 35.3 Å². The number of benzene rings is 1. The maximum absolute atomic E-state index is 12.8. The number of Topliss-reactive ketones (excluding diaryl/α,β-unsaturated/α-hetero) is 1. The summed E-state index contributed by atoms with van der Waals surface area (Å²) in [5.41, 5.74) is 15.5. The van der Waals surface area contributed by atoms with Gasteiger partial charge in [-0.15, -0.1) is 0 Å². The van der Waals surface area contributed by atoms with Gasteiger partial charge in [0.05, 0.1) is 23.6 Å². The second-order valence-electron chi connectivity index (χ2n) is 7.58. The zero-order chi connectivity index (χ0) is 24.0. The lowest BCUT2D eigenvalue weighted by Gasteiger charge is -2.21. The van der Waals surface area contributed by atoms with E-state index < -0.39 is 11.9 Å². The molecule has 33 heavy (non-hydrogen) atoms.